The molecule has 1 saturated carbocycles. The largest absolute Gasteiger partial charge is 0.348 e. The molecule has 3 N–H and O–H groups in total. The van der Waals surface area contributed by atoms with Gasteiger partial charge >= 0.3 is 0 Å². The maximum absolute atomic E-state index is 13.0. The molecule has 1 spiro atoms. The number of halogens is 1. The van der Waals surface area contributed by atoms with E-state index in [1.54, 1.807) is 6.08 Å². The second kappa shape index (κ2) is 9.40. The molecule has 7 heteroatoms. The Morgan fingerprint density at radius 2 is 1.89 bits per heavy atom. The molecule has 5 rings (SSSR count). The lowest BCUT2D eigenvalue weighted by Crippen LogP contribution is -2.51. The number of aryl methyl sites for hydroxylation is 2. The van der Waals surface area contributed by atoms with Crippen LogP contribution in [0.3, 0.4) is 0 Å². The van der Waals surface area contributed by atoms with Crippen LogP contribution in [0, 0.1) is 13.8 Å². The van der Waals surface area contributed by atoms with E-state index in [1.807, 2.05) is 38.1 Å². The van der Waals surface area contributed by atoms with Crippen LogP contribution in [-0.2, 0) is 33.0 Å². The van der Waals surface area contributed by atoms with Gasteiger partial charge in [0, 0.05) is 29.8 Å². The number of aromatic amines is 1. The van der Waals surface area contributed by atoms with Crippen LogP contribution < -0.4 is 16.2 Å². The van der Waals surface area contributed by atoms with Crippen molar-refractivity contribution in [2.24, 2.45) is 0 Å². The number of amides is 2. The standard InChI is InChI=1S/C29H32ClN3O3/c1-18-13-19(2)32-27(36)23(18)17-31-26(35)20-7-6-10-28(30,16-20)22-8-9-24-21(14-22)15-25(34)33-29(24)11-4-3-5-12-29/h6-10,13-14H,3-5,11-12,15-17H2,1-2H3,(H,31,35)(H,32,36)(H,33,34). The molecule has 0 bridgehead atoms. The van der Waals surface area contributed by atoms with Gasteiger partial charge in [-0.15, -0.1) is 11.6 Å². The summed E-state index contributed by atoms with van der Waals surface area (Å²) in [6, 6.07) is 8.11. The first-order valence-corrected chi connectivity index (χ1v) is 13.1. The van der Waals surface area contributed by atoms with Crippen molar-refractivity contribution in [3.05, 3.63) is 91.9 Å². The molecule has 1 aromatic heterocycles. The van der Waals surface area contributed by atoms with E-state index in [2.05, 4.69) is 27.8 Å². The number of aromatic nitrogens is 1. The van der Waals surface area contributed by atoms with E-state index < -0.39 is 4.87 Å². The highest BCUT2D eigenvalue weighted by Gasteiger charge is 2.41. The number of nitrogens with one attached hydrogen (secondary N) is 3. The second-order valence-corrected chi connectivity index (χ2v) is 11.1. The Hall–Kier alpha value is -3.12. The molecule has 1 unspecified atom stereocenters. The number of carbonyl (C=O) groups excluding carboxylic acids is 2. The molecule has 1 atom stereocenters. The number of H-pyrrole nitrogens is 1. The Kier molecular flexibility index (Phi) is 6.41. The molecule has 0 saturated heterocycles. The predicted octanol–water partition coefficient (Wildman–Crippen LogP) is 4.46. The lowest BCUT2D eigenvalue weighted by Gasteiger charge is -2.43. The number of allylic oxidation sites excluding steroid dienone is 3. The molecule has 2 aliphatic carbocycles. The van der Waals surface area contributed by atoms with Crippen molar-refractivity contribution in [2.45, 2.75) is 75.8 Å². The normalized spacial score (nSPS) is 22.5. The highest BCUT2D eigenvalue weighted by atomic mass is 35.5. The SMILES string of the molecule is Cc1cc(C)c(CNC(=O)C2=CC=CC(Cl)(c3ccc4c(c3)CC(=O)NC43CCCCC3)C2)c(=O)[nH]1. The number of alkyl halides is 1. The maximum Gasteiger partial charge on any atom is 0.253 e. The lowest BCUT2D eigenvalue weighted by molar-refractivity contribution is -0.123. The molecule has 1 fully saturated rings. The predicted molar refractivity (Wildman–Crippen MR) is 141 cm³/mol. The Morgan fingerprint density at radius 3 is 2.64 bits per heavy atom. The quantitative estimate of drug-likeness (QED) is 0.536. The van der Waals surface area contributed by atoms with Gasteiger partial charge in [0.2, 0.25) is 11.8 Å². The van der Waals surface area contributed by atoms with Crippen LogP contribution in [-0.4, -0.2) is 16.8 Å². The number of fused-ring (bicyclic) bond motifs is 2. The Bertz CT molecular complexity index is 1350. The molecule has 2 heterocycles. The molecule has 36 heavy (non-hydrogen) atoms. The summed E-state index contributed by atoms with van der Waals surface area (Å²) in [5.74, 6) is -0.187. The van der Waals surface area contributed by atoms with Crippen molar-refractivity contribution in [3.63, 3.8) is 0 Å². The van der Waals surface area contributed by atoms with Gasteiger partial charge in [-0.3, -0.25) is 14.4 Å². The molecule has 0 radical (unpaired) electrons. The fourth-order valence-corrected chi connectivity index (χ4v) is 6.35. The molecule has 3 aliphatic rings. The first-order valence-electron chi connectivity index (χ1n) is 12.7. The van der Waals surface area contributed by atoms with Crippen molar-refractivity contribution in [3.8, 4) is 0 Å². The topological polar surface area (TPSA) is 91.1 Å². The van der Waals surface area contributed by atoms with Crippen molar-refractivity contribution in [2.75, 3.05) is 0 Å². The number of pyridine rings is 1. The number of hydrogen-bond donors (Lipinski definition) is 3. The molecule has 2 amide bonds. The van der Waals surface area contributed by atoms with Crippen LogP contribution in [0.4, 0.5) is 0 Å². The molecule has 1 aliphatic heterocycles. The van der Waals surface area contributed by atoms with Gasteiger partial charge in [0.15, 0.2) is 0 Å². The number of hydrogen-bond acceptors (Lipinski definition) is 3. The van der Waals surface area contributed by atoms with Crippen LogP contribution >= 0.6 is 11.6 Å². The highest BCUT2D eigenvalue weighted by molar-refractivity contribution is 6.26. The van der Waals surface area contributed by atoms with Gasteiger partial charge in [-0.05, 0) is 55.0 Å². The van der Waals surface area contributed by atoms with Gasteiger partial charge in [0.05, 0.1) is 16.8 Å². The zero-order valence-electron chi connectivity index (χ0n) is 20.8. The van der Waals surface area contributed by atoms with Gasteiger partial charge in [0.25, 0.3) is 5.56 Å². The van der Waals surface area contributed by atoms with Gasteiger partial charge in [0.1, 0.15) is 0 Å². The van der Waals surface area contributed by atoms with Gasteiger partial charge in [-0.25, -0.2) is 0 Å². The summed E-state index contributed by atoms with van der Waals surface area (Å²) in [6.07, 6.45) is 11.5. The third kappa shape index (κ3) is 4.55. The first kappa shape index (κ1) is 24.6. The summed E-state index contributed by atoms with van der Waals surface area (Å²) in [4.78, 5) is 39.8. The minimum atomic E-state index is -0.888. The van der Waals surface area contributed by atoms with E-state index in [0.717, 1.165) is 48.1 Å². The van der Waals surface area contributed by atoms with Crippen LogP contribution in [0.5, 0.6) is 0 Å². The minimum Gasteiger partial charge on any atom is -0.348 e. The van der Waals surface area contributed by atoms with E-state index in [0.29, 0.717) is 24.0 Å². The van der Waals surface area contributed by atoms with Crippen LogP contribution in [0.15, 0.2) is 52.9 Å². The molecule has 6 nitrogen and oxygen atoms in total. The summed E-state index contributed by atoms with van der Waals surface area (Å²) in [7, 11) is 0. The summed E-state index contributed by atoms with van der Waals surface area (Å²) in [5.41, 5.74) is 5.39. The fourth-order valence-electron chi connectivity index (χ4n) is 6.02. The van der Waals surface area contributed by atoms with Crippen molar-refractivity contribution >= 4 is 23.4 Å². The maximum atomic E-state index is 13.0. The number of rotatable bonds is 4. The van der Waals surface area contributed by atoms with E-state index in [1.165, 1.54) is 12.0 Å². The minimum absolute atomic E-state index is 0.0608. The zero-order chi connectivity index (χ0) is 25.5. The van der Waals surface area contributed by atoms with Gasteiger partial charge in [-0.2, -0.15) is 0 Å². The number of benzene rings is 1. The highest BCUT2D eigenvalue weighted by Crippen LogP contribution is 2.45. The summed E-state index contributed by atoms with van der Waals surface area (Å²) >= 11 is 7.12. The third-order valence-electron chi connectivity index (χ3n) is 7.85. The van der Waals surface area contributed by atoms with Crippen molar-refractivity contribution in [1.29, 1.82) is 0 Å². The Labute approximate surface area is 216 Å². The molecule has 188 valence electrons. The zero-order valence-corrected chi connectivity index (χ0v) is 21.6. The van der Waals surface area contributed by atoms with Crippen LogP contribution in [0.1, 0.15) is 72.0 Å². The van der Waals surface area contributed by atoms with Crippen LogP contribution in [0.2, 0.25) is 0 Å². The van der Waals surface area contributed by atoms with E-state index in [4.69, 9.17) is 11.6 Å². The van der Waals surface area contributed by atoms with Gasteiger partial charge in [-0.1, -0.05) is 55.7 Å². The molecular formula is C29H32ClN3O3. The average molecular weight is 506 g/mol. The average Bonchev–Trinajstić information content (AvgIpc) is 2.83. The smallest absolute Gasteiger partial charge is 0.253 e. The monoisotopic (exact) mass is 505 g/mol. The second-order valence-electron chi connectivity index (χ2n) is 10.5. The Balaban J connectivity index is 1.35. The van der Waals surface area contributed by atoms with Gasteiger partial charge < -0.3 is 15.6 Å². The molecular weight excluding hydrogens is 474 g/mol. The molecule has 1 aromatic carbocycles. The van der Waals surface area contributed by atoms with Crippen LogP contribution in [0.25, 0.3) is 0 Å². The van der Waals surface area contributed by atoms with E-state index in [9.17, 15) is 14.4 Å². The van der Waals surface area contributed by atoms with E-state index >= 15 is 0 Å². The summed E-state index contributed by atoms with van der Waals surface area (Å²) in [5, 5.41) is 6.17. The Morgan fingerprint density at radius 1 is 1.11 bits per heavy atom. The summed E-state index contributed by atoms with van der Waals surface area (Å²) < 4.78 is 0. The van der Waals surface area contributed by atoms with E-state index in [-0.39, 0.29) is 29.5 Å². The molecule has 2 aromatic rings. The third-order valence-corrected chi connectivity index (χ3v) is 8.33. The lowest BCUT2D eigenvalue weighted by atomic mass is 9.71. The fraction of sp³-hybridized carbons (Fsp3) is 0.414. The van der Waals surface area contributed by atoms with Crippen molar-refractivity contribution in [1.82, 2.24) is 15.6 Å². The number of carbonyl (C=O) groups is 2. The first-order chi connectivity index (χ1) is 17.2. The summed E-state index contributed by atoms with van der Waals surface area (Å²) in [6.45, 7) is 3.84. The van der Waals surface area contributed by atoms with Crippen molar-refractivity contribution < 1.29 is 9.59 Å².